The molecule has 0 aliphatic heterocycles. The van der Waals surface area contributed by atoms with Crippen LogP contribution in [0, 0.1) is 23.7 Å². The normalized spacial score (nSPS) is 13.4. The standard InChI is InChI=1S/C15H16BrN/c1-3-4-5-6-10-15(2,12-17)13-8-7-9-14(16)11-13/h1,7-9,11H,4-6,10H2,2H3. The predicted molar refractivity (Wildman–Crippen MR) is 74.4 cm³/mol. The van der Waals surface area contributed by atoms with Gasteiger partial charge in [0.2, 0.25) is 0 Å². The Hall–Kier alpha value is -1.25. The molecule has 0 bridgehead atoms. The summed E-state index contributed by atoms with van der Waals surface area (Å²) in [5.74, 6) is 2.63. The first kappa shape index (κ1) is 13.8. The van der Waals surface area contributed by atoms with Gasteiger partial charge in [-0.25, -0.2) is 0 Å². The molecular formula is C15H16BrN. The molecule has 0 amide bonds. The molecule has 1 aromatic rings. The second-order valence-corrected chi connectivity index (χ2v) is 5.28. The minimum atomic E-state index is -0.418. The van der Waals surface area contributed by atoms with Gasteiger partial charge in [0.05, 0.1) is 11.5 Å². The van der Waals surface area contributed by atoms with Gasteiger partial charge < -0.3 is 0 Å². The van der Waals surface area contributed by atoms with E-state index in [1.165, 1.54) is 0 Å². The molecule has 0 aliphatic carbocycles. The Morgan fingerprint density at radius 3 is 2.76 bits per heavy atom. The second-order valence-electron chi connectivity index (χ2n) is 4.37. The maximum atomic E-state index is 9.38. The third-order valence-electron chi connectivity index (χ3n) is 2.96. The number of halogens is 1. The molecule has 17 heavy (non-hydrogen) atoms. The lowest BCUT2D eigenvalue weighted by atomic mass is 9.79. The van der Waals surface area contributed by atoms with E-state index >= 15 is 0 Å². The molecule has 0 heterocycles. The predicted octanol–water partition coefficient (Wildman–Crippen LogP) is 4.42. The average Bonchev–Trinajstić information content (AvgIpc) is 2.34. The summed E-state index contributed by atoms with van der Waals surface area (Å²) < 4.78 is 1.01. The Morgan fingerprint density at radius 2 is 2.18 bits per heavy atom. The first-order chi connectivity index (χ1) is 8.12. The highest BCUT2D eigenvalue weighted by Gasteiger charge is 2.25. The third-order valence-corrected chi connectivity index (χ3v) is 3.45. The summed E-state index contributed by atoms with van der Waals surface area (Å²) in [6.45, 7) is 1.99. The third kappa shape index (κ3) is 3.91. The Labute approximate surface area is 112 Å². The molecular weight excluding hydrogens is 274 g/mol. The topological polar surface area (TPSA) is 23.8 Å². The molecule has 1 aromatic carbocycles. The molecule has 1 atom stereocenters. The van der Waals surface area contributed by atoms with Crippen LogP contribution >= 0.6 is 15.9 Å². The molecule has 0 fully saturated rings. The van der Waals surface area contributed by atoms with E-state index in [1.54, 1.807) is 0 Å². The van der Waals surface area contributed by atoms with Crippen molar-refractivity contribution in [2.75, 3.05) is 0 Å². The molecule has 1 rings (SSSR count). The van der Waals surface area contributed by atoms with E-state index in [4.69, 9.17) is 6.42 Å². The summed E-state index contributed by atoms with van der Waals surface area (Å²) in [7, 11) is 0. The van der Waals surface area contributed by atoms with Gasteiger partial charge in [-0.15, -0.1) is 12.3 Å². The van der Waals surface area contributed by atoms with Crippen molar-refractivity contribution in [3.63, 3.8) is 0 Å². The van der Waals surface area contributed by atoms with Crippen molar-refractivity contribution in [1.29, 1.82) is 5.26 Å². The van der Waals surface area contributed by atoms with E-state index in [-0.39, 0.29) is 0 Å². The summed E-state index contributed by atoms with van der Waals surface area (Å²) in [5, 5.41) is 9.38. The molecule has 0 radical (unpaired) electrons. The monoisotopic (exact) mass is 289 g/mol. The fourth-order valence-corrected chi connectivity index (χ4v) is 2.20. The van der Waals surface area contributed by atoms with Crippen molar-refractivity contribution >= 4 is 15.9 Å². The van der Waals surface area contributed by atoms with Gasteiger partial charge >= 0.3 is 0 Å². The highest BCUT2D eigenvalue weighted by molar-refractivity contribution is 9.10. The molecule has 1 unspecified atom stereocenters. The fraction of sp³-hybridized carbons (Fsp3) is 0.400. The van der Waals surface area contributed by atoms with Crippen molar-refractivity contribution in [2.45, 2.75) is 38.0 Å². The largest absolute Gasteiger partial charge is 0.197 e. The first-order valence-electron chi connectivity index (χ1n) is 5.73. The van der Waals surface area contributed by atoms with Crippen LogP contribution in [0.2, 0.25) is 0 Å². The lowest BCUT2D eigenvalue weighted by Crippen LogP contribution is -2.19. The van der Waals surface area contributed by atoms with E-state index in [0.29, 0.717) is 0 Å². The van der Waals surface area contributed by atoms with Crippen molar-refractivity contribution in [1.82, 2.24) is 0 Å². The Balaban J connectivity index is 2.76. The fourth-order valence-electron chi connectivity index (χ4n) is 1.80. The van der Waals surface area contributed by atoms with Crippen molar-refractivity contribution in [2.24, 2.45) is 0 Å². The van der Waals surface area contributed by atoms with E-state index in [1.807, 2.05) is 31.2 Å². The van der Waals surface area contributed by atoms with Gasteiger partial charge in [-0.1, -0.05) is 34.5 Å². The van der Waals surface area contributed by atoms with Crippen molar-refractivity contribution < 1.29 is 0 Å². The smallest absolute Gasteiger partial charge is 0.0794 e. The maximum Gasteiger partial charge on any atom is 0.0794 e. The van der Waals surface area contributed by atoms with Crippen LogP contribution in [0.25, 0.3) is 0 Å². The van der Waals surface area contributed by atoms with Gasteiger partial charge in [0.25, 0.3) is 0 Å². The molecule has 0 N–H and O–H groups in total. The molecule has 0 aromatic heterocycles. The van der Waals surface area contributed by atoms with E-state index < -0.39 is 5.41 Å². The van der Waals surface area contributed by atoms with Crippen LogP contribution in [0.15, 0.2) is 28.7 Å². The lowest BCUT2D eigenvalue weighted by molar-refractivity contribution is 0.515. The number of unbranched alkanes of at least 4 members (excludes halogenated alkanes) is 2. The Kier molecular flexibility index (Phi) is 5.26. The molecule has 88 valence electrons. The Morgan fingerprint density at radius 1 is 1.41 bits per heavy atom. The van der Waals surface area contributed by atoms with Crippen LogP contribution in [-0.2, 0) is 5.41 Å². The summed E-state index contributed by atoms with van der Waals surface area (Å²) in [6, 6.07) is 10.4. The van der Waals surface area contributed by atoms with Gasteiger partial charge in [-0.2, -0.15) is 5.26 Å². The number of benzene rings is 1. The average molecular weight is 290 g/mol. The van der Waals surface area contributed by atoms with E-state index in [2.05, 4.69) is 27.9 Å². The van der Waals surface area contributed by atoms with Gasteiger partial charge in [0.1, 0.15) is 0 Å². The van der Waals surface area contributed by atoms with Crippen LogP contribution in [0.3, 0.4) is 0 Å². The van der Waals surface area contributed by atoms with E-state index in [9.17, 15) is 5.26 Å². The molecule has 2 heteroatoms. The minimum absolute atomic E-state index is 0.418. The van der Waals surface area contributed by atoms with Gasteiger partial charge in [-0.05, 0) is 37.5 Å². The van der Waals surface area contributed by atoms with Gasteiger partial charge in [0.15, 0.2) is 0 Å². The van der Waals surface area contributed by atoms with Crippen LogP contribution < -0.4 is 0 Å². The number of hydrogen-bond donors (Lipinski definition) is 0. The van der Waals surface area contributed by atoms with Crippen LogP contribution in [0.5, 0.6) is 0 Å². The van der Waals surface area contributed by atoms with Crippen LogP contribution in [0.1, 0.15) is 38.2 Å². The van der Waals surface area contributed by atoms with Gasteiger partial charge in [-0.3, -0.25) is 0 Å². The zero-order valence-corrected chi connectivity index (χ0v) is 11.6. The molecule has 0 aliphatic rings. The molecule has 1 nitrogen and oxygen atoms in total. The van der Waals surface area contributed by atoms with Gasteiger partial charge in [0, 0.05) is 10.9 Å². The molecule has 0 saturated heterocycles. The second kappa shape index (κ2) is 6.48. The number of terminal acetylenes is 1. The minimum Gasteiger partial charge on any atom is -0.197 e. The summed E-state index contributed by atoms with van der Waals surface area (Å²) >= 11 is 3.44. The van der Waals surface area contributed by atoms with Crippen LogP contribution in [0.4, 0.5) is 0 Å². The summed E-state index contributed by atoms with van der Waals surface area (Å²) in [6.07, 6.45) is 8.84. The van der Waals surface area contributed by atoms with Crippen LogP contribution in [-0.4, -0.2) is 0 Å². The first-order valence-corrected chi connectivity index (χ1v) is 6.52. The summed E-state index contributed by atoms with van der Waals surface area (Å²) in [5.41, 5.74) is 0.647. The van der Waals surface area contributed by atoms with Crippen molar-refractivity contribution in [3.05, 3.63) is 34.3 Å². The Bertz CT molecular complexity index is 453. The molecule has 0 saturated carbocycles. The lowest BCUT2D eigenvalue weighted by Gasteiger charge is -2.22. The summed E-state index contributed by atoms with van der Waals surface area (Å²) in [4.78, 5) is 0. The SMILES string of the molecule is C#CCCCCC(C)(C#N)c1cccc(Br)c1. The van der Waals surface area contributed by atoms with Crippen molar-refractivity contribution in [3.8, 4) is 18.4 Å². The number of rotatable bonds is 5. The zero-order chi connectivity index (χ0) is 12.7. The quantitative estimate of drug-likeness (QED) is 0.581. The highest BCUT2D eigenvalue weighted by Crippen LogP contribution is 2.30. The van der Waals surface area contributed by atoms with E-state index in [0.717, 1.165) is 35.7 Å². The number of hydrogen-bond acceptors (Lipinski definition) is 1. The highest BCUT2D eigenvalue weighted by atomic mass is 79.9. The maximum absolute atomic E-state index is 9.38. The number of nitriles is 1. The zero-order valence-electron chi connectivity index (χ0n) is 10.0. The number of nitrogens with zero attached hydrogens (tertiary/aromatic N) is 1. The molecule has 0 spiro atoms.